The van der Waals surface area contributed by atoms with E-state index in [9.17, 15) is 13.2 Å². The molecule has 45 heavy (non-hydrogen) atoms. The molecule has 1 N–H and O–H groups in total. The SMILES string of the molecule is O=C(NC1CCOCC1)c1ccc(-c2ccc(CN(Cc3cccnc3)S(=O)(=O)c3ccc(-c4ccccc4)cc3)cc2)cc1. The van der Waals surface area contributed by atoms with Crippen molar-refractivity contribution < 1.29 is 17.9 Å². The summed E-state index contributed by atoms with van der Waals surface area (Å²) in [5.74, 6) is -0.0755. The summed E-state index contributed by atoms with van der Waals surface area (Å²) in [6.45, 7) is 1.74. The van der Waals surface area contributed by atoms with Crippen LogP contribution in [0.5, 0.6) is 0 Å². The summed E-state index contributed by atoms with van der Waals surface area (Å²) in [5, 5.41) is 3.09. The second-order valence-corrected chi connectivity index (χ2v) is 13.1. The van der Waals surface area contributed by atoms with Gasteiger partial charge in [-0.3, -0.25) is 9.78 Å². The third-order valence-corrected chi connectivity index (χ3v) is 9.84. The Hall–Kier alpha value is -4.63. The van der Waals surface area contributed by atoms with E-state index in [0.29, 0.717) is 18.8 Å². The maximum absolute atomic E-state index is 14.0. The van der Waals surface area contributed by atoms with Crippen LogP contribution in [0, 0.1) is 0 Å². The van der Waals surface area contributed by atoms with E-state index in [1.165, 1.54) is 4.31 Å². The fraction of sp³-hybridized carbons (Fsp3) is 0.189. The molecule has 228 valence electrons. The lowest BCUT2D eigenvalue weighted by Crippen LogP contribution is -2.38. The van der Waals surface area contributed by atoms with E-state index < -0.39 is 10.0 Å². The van der Waals surface area contributed by atoms with Crippen molar-refractivity contribution in [2.45, 2.75) is 36.9 Å². The minimum atomic E-state index is -3.82. The molecule has 1 amide bonds. The highest BCUT2D eigenvalue weighted by Crippen LogP contribution is 2.26. The second kappa shape index (κ2) is 14.0. The van der Waals surface area contributed by atoms with Gasteiger partial charge in [-0.1, -0.05) is 84.9 Å². The Kier molecular flexibility index (Phi) is 9.45. The number of ether oxygens (including phenoxy) is 1. The van der Waals surface area contributed by atoms with Crippen molar-refractivity contribution in [1.82, 2.24) is 14.6 Å². The molecule has 4 aromatic carbocycles. The predicted octanol–water partition coefficient (Wildman–Crippen LogP) is 6.72. The Morgan fingerprint density at radius 2 is 1.29 bits per heavy atom. The van der Waals surface area contributed by atoms with Crippen LogP contribution in [0.2, 0.25) is 0 Å². The monoisotopic (exact) mass is 617 g/mol. The third kappa shape index (κ3) is 7.54. The van der Waals surface area contributed by atoms with Crippen molar-refractivity contribution in [3.63, 3.8) is 0 Å². The molecule has 0 bridgehead atoms. The molecule has 0 radical (unpaired) electrons. The fourth-order valence-corrected chi connectivity index (χ4v) is 6.87. The maximum Gasteiger partial charge on any atom is 0.251 e. The first-order chi connectivity index (χ1) is 22.0. The van der Waals surface area contributed by atoms with Gasteiger partial charge in [-0.25, -0.2) is 8.42 Å². The molecule has 7 nitrogen and oxygen atoms in total. The van der Waals surface area contributed by atoms with Crippen LogP contribution in [0.15, 0.2) is 133 Å². The molecule has 2 heterocycles. The van der Waals surface area contributed by atoms with Crippen molar-refractivity contribution in [3.8, 4) is 22.3 Å². The number of amides is 1. The van der Waals surface area contributed by atoms with Crippen LogP contribution >= 0.6 is 0 Å². The molecule has 1 saturated heterocycles. The summed E-state index contributed by atoms with van der Waals surface area (Å²) in [6, 6.07) is 36.2. The lowest BCUT2D eigenvalue weighted by Gasteiger charge is -2.23. The highest BCUT2D eigenvalue weighted by Gasteiger charge is 2.25. The highest BCUT2D eigenvalue weighted by atomic mass is 32.2. The number of aromatic nitrogens is 1. The molecular weight excluding hydrogens is 582 g/mol. The highest BCUT2D eigenvalue weighted by molar-refractivity contribution is 7.89. The Balaban J connectivity index is 1.18. The smallest absolute Gasteiger partial charge is 0.251 e. The van der Waals surface area contributed by atoms with E-state index in [1.807, 2.05) is 103 Å². The van der Waals surface area contributed by atoms with E-state index in [2.05, 4.69) is 10.3 Å². The number of hydrogen-bond donors (Lipinski definition) is 1. The zero-order chi connectivity index (χ0) is 31.1. The Bertz CT molecular complexity index is 1810. The van der Waals surface area contributed by atoms with Crippen LogP contribution in [-0.2, 0) is 27.8 Å². The molecule has 8 heteroatoms. The summed E-state index contributed by atoms with van der Waals surface area (Å²) >= 11 is 0. The van der Waals surface area contributed by atoms with Gasteiger partial charge < -0.3 is 10.1 Å². The summed E-state index contributed by atoms with van der Waals surface area (Å²) < 4.78 is 34.8. The fourth-order valence-electron chi connectivity index (χ4n) is 5.45. The number of hydrogen-bond acceptors (Lipinski definition) is 5. The van der Waals surface area contributed by atoms with Gasteiger partial charge in [0.1, 0.15) is 0 Å². The minimum Gasteiger partial charge on any atom is -0.381 e. The van der Waals surface area contributed by atoms with Gasteiger partial charge in [0.05, 0.1) is 4.90 Å². The molecule has 1 aliphatic heterocycles. The van der Waals surface area contributed by atoms with E-state index >= 15 is 0 Å². The average Bonchev–Trinajstić information content (AvgIpc) is 3.10. The first kappa shape index (κ1) is 30.4. The number of carbonyl (C=O) groups excluding carboxylic acids is 1. The maximum atomic E-state index is 14.0. The molecule has 0 saturated carbocycles. The molecule has 0 atom stereocenters. The largest absolute Gasteiger partial charge is 0.381 e. The average molecular weight is 618 g/mol. The van der Waals surface area contributed by atoms with Gasteiger partial charge in [0.25, 0.3) is 5.91 Å². The van der Waals surface area contributed by atoms with Gasteiger partial charge in [-0.2, -0.15) is 4.31 Å². The Morgan fingerprint density at radius 3 is 1.91 bits per heavy atom. The number of benzene rings is 4. The van der Waals surface area contributed by atoms with Crippen LogP contribution in [0.25, 0.3) is 22.3 Å². The molecule has 0 aliphatic carbocycles. The first-order valence-electron chi connectivity index (χ1n) is 15.1. The molecule has 0 unspecified atom stereocenters. The topological polar surface area (TPSA) is 88.6 Å². The summed E-state index contributed by atoms with van der Waals surface area (Å²) in [7, 11) is -3.82. The zero-order valence-corrected chi connectivity index (χ0v) is 25.7. The van der Waals surface area contributed by atoms with Crippen LogP contribution < -0.4 is 5.32 Å². The van der Waals surface area contributed by atoms with Crippen LogP contribution in [-0.4, -0.2) is 42.9 Å². The second-order valence-electron chi connectivity index (χ2n) is 11.2. The van der Waals surface area contributed by atoms with Crippen LogP contribution in [0.3, 0.4) is 0 Å². The van der Waals surface area contributed by atoms with Crippen LogP contribution in [0.1, 0.15) is 34.3 Å². The van der Waals surface area contributed by atoms with Crippen molar-refractivity contribution in [3.05, 3.63) is 144 Å². The molecular formula is C37H35N3O4S. The normalized spacial score (nSPS) is 13.9. The third-order valence-electron chi connectivity index (χ3n) is 8.03. The van der Waals surface area contributed by atoms with Crippen molar-refractivity contribution in [1.29, 1.82) is 0 Å². The minimum absolute atomic E-state index is 0.0755. The van der Waals surface area contributed by atoms with Gasteiger partial charge in [0.2, 0.25) is 10.0 Å². The van der Waals surface area contributed by atoms with Gasteiger partial charge >= 0.3 is 0 Å². The lowest BCUT2D eigenvalue weighted by molar-refractivity contribution is 0.0696. The first-order valence-corrected chi connectivity index (χ1v) is 16.5. The predicted molar refractivity (Wildman–Crippen MR) is 176 cm³/mol. The van der Waals surface area contributed by atoms with Gasteiger partial charge in [-0.05, 0) is 76.6 Å². The van der Waals surface area contributed by atoms with E-state index in [1.54, 1.807) is 24.5 Å². The molecule has 5 aromatic rings. The van der Waals surface area contributed by atoms with Crippen molar-refractivity contribution in [2.75, 3.05) is 13.2 Å². The standard InChI is InChI=1S/C37H35N3O4S/c41-37(39-35-20-23-44-24-21-35)34-14-12-32(13-15-34)31-10-8-28(9-11-31)26-40(27-29-5-4-22-38-25-29)45(42,43)36-18-16-33(17-19-36)30-6-2-1-3-7-30/h1-19,22,25,35H,20-21,23-24,26-27H2,(H,39,41). The number of nitrogens with zero attached hydrogens (tertiary/aromatic N) is 2. The molecule has 1 fully saturated rings. The number of carbonyl (C=O) groups is 1. The summed E-state index contributed by atoms with van der Waals surface area (Å²) in [5.41, 5.74) is 6.23. The number of sulfonamides is 1. The van der Waals surface area contributed by atoms with Gasteiger partial charge in [0, 0.05) is 50.3 Å². The summed E-state index contributed by atoms with van der Waals surface area (Å²) in [6.07, 6.45) is 5.03. The molecule has 6 rings (SSSR count). The number of nitrogens with one attached hydrogen (secondary N) is 1. The quantitative estimate of drug-likeness (QED) is 0.188. The molecule has 1 aliphatic rings. The number of rotatable bonds is 10. The van der Waals surface area contributed by atoms with E-state index in [0.717, 1.165) is 46.2 Å². The Morgan fingerprint density at radius 1 is 0.711 bits per heavy atom. The van der Waals surface area contributed by atoms with Crippen molar-refractivity contribution in [2.24, 2.45) is 0 Å². The molecule has 1 aromatic heterocycles. The van der Waals surface area contributed by atoms with E-state index in [-0.39, 0.29) is 29.9 Å². The lowest BCUT2D eigenvalue weighted by atomic mass is 10.0. The van der Waals surface area contributed by atoms with Gasteiger partial charge in [0.15, 0.2) is 0 Å². The Labute approximate surface area is 264 Å². The van der Waals surface area contributed by atoms with Gasteiger partial charge in [-0.15, -0.1) is 0 Å². The van der Waals surface area contributed by atoms with E-state index in [4.69, 9.17) is 4.74 Å². The van der Waals surface area contributed by atoms with Crippen LogP contribution in [0.4, 0.5) is 0 Å². The summed E-state index contributed by atoms with van der Waals surface area (Å²) in [4.78, 5) is 17.1. The number of pyridine rings is 1. The zero-order valence-electron chi connectivity index (χ0n) is 24.9. The molecule has 0 spiro atoms. The van der Waals surface area contributed by atoms with Crippen molar-refractivity contribution >= 4 is 15.9 Å².